The third-order valence-electron chi connectivity index (χ3n) is 3.46. The topological polar surface area (TPSA) is 90.3 Å². The van der Waals surface area contributed by atoms with Crippen LogP contribution in [0.25, 0.3) is 5.69 Å². The zero-order chi connectivity index (χ0) is 18.6. The van der Waals surface area contributed by atoms with Gasteiger partial charge in [-0.3, -0.25) is 9.59 Å². The first-order valence-electron chi connectivity index (χ1n) is 8.03. The second-order valence-electron chi connectivity index (χ2n) is 5.86. The van der Waals surface area contributed by atoms with Gasteiger partial charge in [-0.1, -0.05) is 31.5 Å². The number of aromatic nitrogens is 2. The minimum absolute atomic E-state index is 0.0468. The molecule has 0 spiro atoms. The van der Waals surface area contributed by atoms with E-state index in [9.17, 15) is 14.4 Å². The minimum atomic E-state index is -0.706. The zero-order valence-electron chi connectivity index (χ0n) is 14.7. The number of amides is 1. The summed E-state index contributed by atoms with van der Waals surface area (Å²) in [7, 11) is 0. The molecule has 0 aliphatic rings. The molecule has 0 unspecified atom stereocenters. The molecule has 7 nitrogen and oxygen atoms in total. The molecule has 132 valence electrons. The number of nitrogens with one attached hydrogen (secondary N) is 1. The Bertz CT molecular complexity index is 838. The van der Waals surface area contributed by atoms with Crippen molar-refractivity contribution < 1.29 is 14.3 Å². The van der Waals surface area contributed by atoms with Crippen molar-refractivity contribution in [2.45, 2.75) is 27.7 Å². The zero-order valence-corrected chi connectivity index (χ0v) is 14.7. The Morgan fingerprint density at radius 2 is 1.88 bits per heavy atom. The monoisotopic (exact) mass is 343 g/mol. The molecule has 0 saturated heterocycles. The van der Waals surface area contributed by atoms with Crippen LogP contribution in [0.1, 0.15) is 36.8 Å². The van der Waals surface area contributed by atoms with E-state index in [2.05, 4.69) is 10.4 Å². The largest absolute Gasteiger partial charge is 0.461 e. The molecule has 1 aromatic heterocycles. The summed E-state index contributed by atoms with van der Waals surface area (Å²) in [5.41, 5.74) is 1.02. The molecule has 7 heteroatoms. The number of hydrogen-bond donors (Lipinski definition) is 1. The van der Waals surface area contributed by atoms with Gasteiger partial charge in [0.15, 0.2) is 5.69 Å². The predicted octanol–water partition coefficient (Wildman–Crippen LogP) is 2.31. The third kappa shape index (κ3) is 4.32. The first kappa shape index (κ1) is 18.4. The Labute approximate surface area is 145 Å². The Morgan fingerprint density at radius 3 is 2.44 bits per heavy atom. The van der Waals surface area contributed by atoms with E-state index < -0.39 is 11.5 Å². The van der Waals surface area contributed by atoms with Crippen molar-refractivity contribution in [1.29, 1.82) is 0 Å². The van der Waals surface area contributed by atoms with Crippen LogP contribution in [-0.4, -0.2) is 28.3 Å². The highest BCUT2D eigenvalue weighted by atomic mass is 16.5. The molecule has 0 aliphatic heterocycles. The molecule has 1 heterocycles. The number of nitrogens with zero attached hydrogens (tertiary/aromatic N) is 2. The van der Waals surface area contributed by atoms with Gasteiger partial charge in [0.05, 0.1) is 18.0 Å². The molecule has 0 bridgehead atoms. The molecule has 0 aliphatic carbocycles. The number of aryl methyl sites for hydroxylation is 1. The molecule has 0 fully saturated rings. The third-order valence-corrected chi connectivity index (χ3v) is 3.46. The van der Waals surface area contributed by atoms with E-state index >= 15 is 0 Å². The Balaban J connectivity index is 2.55. The molecule has 0 saturated carbocycles. The number of rotatable bonds is 5. The van der Waals surface area contributed by atoms with Gasteiger partial charge >= 0.3 is 5.97 Å². The minimum Gasteiger partial charge on any atom is -0.461 e. The molecule has 1 aromatic carbocycles. The highest BCUT2D eigenvalue weighted by Gasteiger charge is 2.20. The van der Waals surface area contributed by atoms with Crippen molar-refractivity contribution in [3.63, 3.8) is 0 Å². The van der Waals surface area contributed by atoms with Crippen LogP contribution in [0.4, 0.5) is 5.69 Å². The summed E-state index contributed by atoms with van der Waals surface area (Å²) in [6.45, 7) is 7.16. The van der Waals surface area contributed by atoms with Gasteiger partial charge in [0.1, 0.15) is 0 Å². The first-order chi connectivity index (χ1) is 11.8. The van der Waals surface area contributed by atoms with E-state index in [-0.39, 0.29) is 29.8 Å². The maximum atomic E-state index is 12.4. The lowest BCUT2D eigenvalue weighted by Crippen LogP contribution is -2.28. The predicted molar refractivity (Wildman–Crippen MR) is 94.0 cm³/mol. The van der Waals surface area contributed by atoms with Crippen LogP contribution in [0.5, 0.6) is 0 Å². The van der Waals surface area contributed by atoms with Crippen LogP contribution in [0.2, 0.25) is 0 Å². The lowest BCUT2D eigenvalue weighted by molar-refractivity contribution is -0.118. The Kier molecular flexibility index (Phi) is 5.69. The average Bonchev–Trinajstić information content (AvgIpc) is 2.56. The molecular weight excluding hydrogens is 322 g/mol. The van der Waals surface area contributed by atoms with E-state index in [4.69, 9.17) is 4.74 Å². The molecule has 2 rings (SSSR count). The van der Waals surface area contributed by atoms with Crippen molar-refractivity contribution in [2.24, 2.45) is 5.92 Å². The van der Waals surface area contributed by atoms with Crippen LogP contribution in [0.15, 0.2) is 35.1 Å². The van der Waals surface area contributed by atoms with Gasteiger partial charge in [-0.2, -0.15) is 9.78 Å². The van der Waals surface area contributed by atoms with Crippen molar-refractivity contribution in [2.75, 3.05) is 11.9 Å². The normalized spacial score (nSPS) is 10.6. The summed E-state index contributed by atoms with van der Waals surface area (Å²) >= 11 is 0. The van der Waals surface area contributed by atoms with Gasteiger partial charge in [0.2, 0.25) is 5.91 Å². The Morgan fingerprint density at radius 1 is 1.24 bits per heavy atom. The molecule has 25 heavy (non-hydrogen) atoms. The van der Waals surface area contributed by atoms with E-state index in [1.165, 1.54) is 6.07 Å². The number of carbonyl (C=O) groups is 2. The second kappa shape index (κ2) is 7.74. The number of benzene rings is 1. The highest BCUT2D eigenvalue weighted by molar-refractivity contribution is 6.00. The van der Waals surface area contributed by atoms with Crippen LogP contribution in [-0.2, 0) is 9.53 Å². The number of carbonyl (C=O) groups excluding carboxylic acids is 2. The summed E-state index contributed by atoms with van der Waals surface area (Å²) in [6, 6.07) is 8.30. The van der Waals surface area contributed by atoms with E-state index in [0.717, 1.165) is 10.2 Å². The van der Waals surface area contributed by atoms with Crippen LogP contribution in [0.3, 0.4) is 0 Å². The average molecular weight is 343 g/mol. The molecular formula is C18H21N3O4. The lowest BCUT2D eigenvalue weighted by atomic mass is 10.2. The van der Waals surface area contributed by atoms with Crippen LogP contribution < -0.4 is 10.9 Å². The van der Waals surface area contributed by atoms with Gasteiger partial charge in [-0.05, 0) is 26.0 Å². The van der Waals surface area contributed by atoms with E-state index in [1.807, 2.05) is 19.1 Å². The molecule has 0 atom stereocenters. The number of hydrogen-bond acceptors (Lipinski definition) is 5. The molecule has 1 N–H and O–H groups in total. The molecule has 0 radical (unpaired) electrons. The number of anilines is 1. The lowest BCUT2D eigenvalue weighted by Gasteiger charge is -2.13. The van der Waals surface area contributed by atoms with Gasteiger partial charge < -0.3 is 10.1 Å². The Hall–Kier alpha value is -2.96. The second-order valence-corrected chi connectivity index (χ2v) is 5.86. The van der Waals surface area contributed by atoms with Crippen molar-refractivity contribution in [3.05, 3.63) is 51.9 Å². The SMILES string of the molecule is CCOC(=O)c1nn(-c2ccc(C)cc2)c(=O)cc1NC(=O)C(C)C. The van der Waals surface area contributed by atoms with E-state index in [0.29, 0.717) is 5.69 Å². The summed E-state index contributed by atoms with van der Waals surface area (Å²) in [4.78, 5) is 36.6. The summed E-state index contributed by atoms with van der Waals surface area (Å²) in [5.74, 6) is -1.34. The number of ether oxygens (including phenoxy) is 1. The summed E-state index contributed by atoms with van der Waals surface area (Å²) in [6.07, 6.45) is 0. The fourth-order valence-electron chi connectivity index (χ4n) is 2.05. The number of esters is 1. The summed E-state index contributed by atoms with van der Waals surface area (Å²) < 4.78 is 6.10. The maximum absolute atomic E-state index is 12.4. The maximum Gasteiger partial charge on any atom is 0.360 e. The summed E-state index contributed by atoms with van der Waals surface area (Å²) in [5, 5.41) is 6.68. The van der Waals surface area contributed by atoms with E-state index in [1.54, 1.807) is 32.9 Å². The molecule has 1 amide bonds. The quantitative estimate of drug-likeness (QED) is 0.841. The van der Waals surface area contributed by atoms with Crippen LogP contribution >= 0.6 is 0 Å². The first-order valence-corrected chi connectivity index (χ1v) is 8.03. The highest BCUT2D eigenvalue weighted by Crippen LogP contribution is 2.15. The molecule has 2 aromatic rings. The van der Waals surface area contributed by atoms with Crippen molar-refractivity contribution in [3.8, 4) is 5.69 Å². The van der Waals surface area contributed by atoms with Gasteiger partial charge in [-0.25, -0.2) is 4.79 Å². The van der Waals surface area contributed by atoms with Gasteiger partial charge in [-0.15, -0.1) is 0 Å². The fraction of sp³-hybridized carbons (Fsp3) is 0.333. The smallest absolute Gasteiger partial charge is 0.360 e. The van der Waals surface area contributed by atoms with Crippen LogP contribution in [0, 0.1) is 12.8 Å². The van der Waals surface area contributed by atoms with Gasteiger partial charge in [0, 0.05) is 12.0 Å². The van der Waals surface area contributed by atoms with Crippen molar-refractivity contribution in [1.82, 2.24) is 9.78 Å². The van der Waals surface area contributed by atoms with Crippen molar-refractivity contribution >= 4 is 17.6 Å². The fourth-order valence-corrected chi connectivity index (χ4v) is 2.05. The standard InChI is InChI=1S/C18H21N3O4/c1-5-25-18(24)16-14(19-17(23)11(2)3)10-15(22)21(20-16)13-8-6-12(4)7-9-13/h6-11H,5H2,1-4H3,(H,19,23). The van der Waals surface area contributed by atoms with Gasteiger partial charge in [0.25, 0.3) is 5.56 Å².